The van der Waals surface area contributed by atoms with Gasteiger partial charge in [-0.25, -0.2) is 0 Å². The molecule has 0 N–H and O–H groups in total. The molecule has 0 spiro atoms. The Labute approximate surface area is 173 Å². The normalized spacial score (nSPS) is 22.1. The highest BCUT2D eigenvalue weighted by atomic mass is 28.4. The van der Waals surface area contributed by atoms with Crippen LogP contribution in [0.5, 0.6) is 11.5 Å². The molecule has 7 heteroatoms. The van der Waals surface area contributed by atoms with Gasteiger partial charge in [0, 0.05) is 21.3 Å². The van der Waals surface area contributed by atoms with Crippen molar-refractivity contribution in [2.75, 3.05) is 28.4 Å². The fourth-order valence-electron chi connectivity index (χ4n) is 4.38. The maximum absolute atomic E-state index is 6.13. The highest BCUT2D eigenvalue weighted by molar-refractivity contribution is 6.71. The van der Waals surface area contributed by atoms with Crippen molar-refractivity contribution in [1.82, 2.24) is 0 Å². The molecule has 0 bridgehead atoms. The van der Waals surface area contributed by atoms with Gasteiger partial charge in [-0.1, -0.05) is 18.9 Å². The second-order valence-corrected chi connectivity index (χ2v) is 16.8. The fraction of sp³-hybridized carbons (Fsp3) is 0.714. The number of aryl methyl sites for hydroxylation is 1. The molecule has 0 radical (unpaired) electrons. The molecule has 1 aromatic rings. The van der Waals surface area contributed by atoms with E-state index < -0.39 is 16.9 Å². The molecule has 1 aliphatic rings. The molecule has 0 amide bonds. The molecule has 0 aromatic heterocycles. The van der Waals surface area contributed by atoms with Gasteiger partial charge in [0.15, 0.2) is 5.75 Å². The van der Waals surface area contributed by atoms with Gasteiger partial charge in [-0.2, -0.15) is 0 Å². The number of rotatable bonds is 10. The van der Waals surface area contributed by atoms with Crippen LogP contribution in [0, 0.1) is 0 Å². The lowest BCUT2D eigenvalue weighted by Gasteiger charge is -2.48. The molecule has 0 saturated carbocycles. The molecule has 1 heterocycles. The Hall–Kier alpha value is -0.866. The van der Waals surface area contributed by atoms with Crippen molar-refractivity contribution < 1.29 is 22.8 Å². The van der Waals surface area contributed by atoms with Crippen molar-refractivity contribution in [2.45, 2.75) is 69.4 Å². The van der Waals surface area contributed by atoms with E-state index in [0.29, 0.717) is 0 Å². The molecule has 1 fully saturated rings. The third-order valence-corrected chi connectivity index (χ3v) is 11.0. The van der Waals surface area contributed by atoms with Gasteiger partial charge in [0.05, 0.1) is 7.11 Å². The van der Waals surface area contributed by atoms with Crippen molar-refractivity contribution in [3.05, 3.63) is 23.8 Å². The first-order valence-electron chi connectivity index (χ1n) is 10.3. The largest absolute Gasteiger partial charge is 0.542 e. The summed E-state index contributed by atoms with van der Waals surface area (Å²) in [7, 11) is 3.06. The van der Waals surface area contributed by atoms with Crippen LogP contribution in [0.1, 0.15) is 37.7 Å². The summed E-state index contributed by atoms with van der Waals surface area (Å²) in [5.74, 6) is 1.66. The lowest BCUT2D eigenvalue weighted by molar-refractivity contribution is -0.0156. The average Bonchev–Trinajstić information content (AvgIpc) is 2.68. The summed E-state index contributed by atoms with van der Waals surface area (Å²) in [4.78, 5) is 0. The molecular formula is C21H38O5Si2. The summed E-state index contributed by atoms with van der Waals surface area (Å²) in [5, 5.41) is -0.264. The van der Waals surface area contributed by atoms with E-state index in [-0.39, 0.29) is 5.22 Å². The Morgan fingerprint density at radius 1 is 1.00 bits per heavy atom. The predicted molar refractivity (Wildman–Crippen MR) is 118 cm³/mol. The Morgan fingerprint density at radius 3 is 2.29 bits per heavy atom. The predicted octanol–water partition coefficient (Wildman–Crippen LogP) is 5.07. The van der Waals surface area contributed by atoms with Gasteiger partial charge < -0.3 is 22.8 Å². The van der Waals surface area contributed by atoms with Crippen LogP contribution in [0.3, 0.4) is 0 Å². The fourth-order valence-corrected chi connectivity index (χ4v) is 9.13. The monoisotopic (exact) mass is 426 g/mol. The van der Waals surface area contributed by atoms with Crippen molar-refractivity contribution in [2.24, 2.45) is 0 Å². The van der Waals surface area contributed by atoms with Gasteiger partial charge in [-0.3, -0.25) is 0 Å². The summed E-state index contributed by atoms with van der Waals surface area (Å²) in [6, 6.07) is 7.30. The first kappa shape index (κ1) is 23.4. The van der Waals surface area contributed by atoms with Crippen molar-refractivity contribution in [3.8, 4) is 11.5 Å². The SMILES string of the molecule is COc1cc(CCCC2(OC)CCCC[Si]2(OC)OC)ccc1O[Si](C)(C)C. The molecule has 28 heavy (non-hydrogen) atoms. The number of hydrogen-bond acceptors (Lipinski definition) is 5. The molecule has 1 aliphatic heterocycles. The summed E-state index contributed by atoms with van der Waals surface area (Å²) >= 11 is 0. The summed E-state index contributed by atoms with van der Waals surface area (Å²) in [6.45, 7) is 6.53. The van der Waals surface area contributed by atoms with E-state index in [1.807, 2.05) is 13.2 Å². The van der Waals surface area contributed by atoms with E-state index in [2.05, 4.69) is 31.8 Å². The smallest absolute Gasteiger partial charge is 0.370 e. The minimum Gasteiger partial charge on any atom is -0.542 e. The van der Waals surface area contributed by atoms with Gasteiger partial charge in [0.25, 0.3) is 0 Å². The molecule has 1 atom stereocenters. The molecule has 160 valence electrons. The minimum absolute atomic E-state index is 0.264. The van der Waals surface area contributed by atoms with E-state index in [1.54, 1.807) is 21.3 Å². The van der Waals surface area contributed by atoms with Crippen molar-refractivity contribution >= 4 is 16.9 Å². The van der Waals surface area contributed by atoms with Crippen LogP contribution >= 0.6 is 0 Å². The first-order valence-corrected chi connectivity index (χ1v) is 15.7. The topological polar surface area (TPSA) is 46.2 Å². The van der Waals surface area contributed by atoms with Crippen LogP contribution < -0.4 is 9.16 Å². The van der Waals surface area contributed by atoms with Crippen LogP contribution in [-0.4, -0.2) is 50.5 Å². The zero-order valence-corrected chi connectivity index (χ0v) is 20.7. The van der Waals surface area contributed by atoms with Crippen LogP contribution in [0.15, 0.2) is 18.2 Å². The Kier molecular flexibility index (Phi) is 8.16. The first-order chi connectivity index (χ1) is 13.2. The highest BCUT2D eigenvalue weighted by Gasteiger charge is 2.58. The zero-order valence-electron chi connectivity index (χ0n) is 18.7. The molecular weight excluding hydrogens is 388 g/mol. The zero-order chi connectivity index (χ0) is 20.8. The van der Waals surface area contributed by atoms with Crippen LogP contribution in [-0.2, 0) is 20.0 Å². The lowest BCUT2D eigenvalue weighted by atomic mass is 10.0. The van der Waals surface area contributed by atoms with Gasteiger partial charge in [-0.15, -0.1) is 0 Å². The molecule has 1 aromatic carbocycles. The van der Waals surface area contributed by atoms with E-state index in [0.717, 1.165) is 49.6 Å². The summed E-state index contributed by atoms with van der Waals surface area (Å²) in [5.41, 5.74) is 1.25. The number of hydrogen-bond donors (Lipinski definition) is 0. The van der Waals surface area contributed by atoms with E-state index in [9.17, 15) is 0 Å². The van der Waals surface area contributed by atoms with Crippen molar-refractivity contribution in [3.63, 3.8) is 0 Å². The maximum Gasteiger partial charge on any atom is 0.370 e. The van der Waals surface area contributed by atoms with Gasteiger partial charge in [0.1, 0.15) is 11.0 Å². The summed E-state index contributed by atoms with van der Waals surface area (Å²) < 4.78 is 29.8. The summed E-state index contributed by atoms with van der Waals surface area (Å²) in [6.07, 6.45) is 6.29. The number of ether oxygens (including phenoxy) is 2. The van der Waals surface area contributed by atoms with Crippen LogP contribution in [0.2, 0.25) is 25.7 Å². The minimum atomic E-state index is -2.36. The second-order valence-electron chi connectivity index (χ2n) is 8.62. The van der Waals surface area contributed by atoms with Gasteiger partial charge in [0.2, 0.25) is 8.32 Å². The van der Waals surface area contributed by atoms with E-state index in [4.69, 9.17) is 22.8 Å². The molecule has 1 saturated heterocycles. The van der Waals surface area contributed by atoms with Gasteiger partial charge >= 0.3 is 8.56 Å². The molecule has 5 nitrogen and oxygen atoms in total. The second kappa shape index (κ2) is 9.76. The number of methoxy groups -OCH3 is 2. The molecule has 1 unspecified atom stereocenters. The standard InChI is InChI=1S/C21H38O5Si2/c1-22-20-17-18(12-13-19(20)26-27(5,6)7)11-10-15-21(23-2)14-8-9-16-28(21,24-3)25-4/h12-13,17H,8-11,14-16H2,1-7H3. The molecule has 0 aliphatic carbocycles. The highest BCUT2D eigenvalue weighted by Crippen LogP contribution is 2.43. The third-order valence-electron chi connectivity index (χ3n) is 5.77. The Morgan fingerprint density at radius 2 is 1.71 bits per heavy atom. The maximum atomic E-state index is 6.13. The Bertz CT molecular complexity index is 628. The van der Waals surface area contributed by atoms with Crippen LogP contribution in [0.4, 0.5) is 0 Å². The van der Waals surface area contributed by atoms with Crippen LogP contribution in [0.25, 0.3) is 0 Å². The Balaban J connectivity index is 2.08. The average molecular weight is 427 g/mol. The van der Waals surface area contributed by atoms with E-state index in [1.165, 1.54) is 12.0 Å². The number of benzene rings is 1. The third kappa shape index (κ3) is 5.19. The quantitative estimate of drug-likeness (QED) is 0.489. The van der Waals surface area contributed by atoms with Crippen molar-refractivity contribution in [1.29, 1.82) is 0 Å². The molecule has 2 rings (SSSR count). The lowest BCUT2D eigenvalue weighted by Crippen LogP contribution is -2.64. The van der Waals surface area contributed by atoms with Gasteiger partial charge in [-0.05, 0) is 69.1 Å². The van der Waals surface area contributed by atoms with E-state index >= 15 is 0 Å².